The molecule has 5 nitrogen and oxygen atoms in total. The van der Waals surface area contributed by atoms with Crippen molar-refractivity contribution in [3.63, 3.8) is 0 Å². The van der Waals surface area contributed by atoms with E-state index in [1.165, 1.54) is 6.07 Å². The molecule has 5 heteroatoms. The molecule has 0 spiro atoms. The van der Waals surface area contributed by atoms with Crippen molar-refractivity contribution in [3.05, 3.63) is 58.1 Å². The predicted octanol–water partition coefficient (Wildman–Crippen LogP) is 3.63. The second-order valence-corrected chi connectivity index (χ2v) is 5.66. The van der Waals surface area contributed by atoms with Gasteiger partial charge < -0.3 is 19.2 Å². The lowest BCUT2D eigenvalue weighted by Gasteiger charge is -2.17. The predicted molar refractivity (Wildman–Crippen MR) is 99.9 cm³/mol. The van der Waals surface area contributed by atoms with Gasteiger partial charge in [0, 0.05) is 12.6 Å². The maximum absolute atomic E-state index is 11.3. The average Bonchev–Trinajstić information content (AvgIpc) is 2.64. The summed E-state index contributed by atoms with van der Waals surface area (Å²) >= 11 is 0. The number of ether oxygens (including phenoxy) is 1. The van der Waals surface area contributed by atoms with Gasteiger partial charge in [0.05, 0.1) is 6.61 Å². The van der Waals surface area contributed by atoms with E-state index in [4.69, 9.17) is 14.3 Å². The number of nitrogens with zero attached hydrogens (tertiary/aromatic N) is 1. The summed E-state index contributed by atoms with van der Waals surface area (Å²) in [4.78, 5) is 13.7. The van der Waals surface area contributed by atoms with Crippen LogP contribution < -0.4 is 10.2 Å². The van der Waals surface area contributed by atoms with Crippen molar-refractivity contribution in [3.8, 4) is 11.5 Å². The smallest absolute Gasteiger partial charge is 0.227 e. The Bertz CT molecular complexity index is 730. The van der Waals surface area contributed by atoms with Crippen LogP contribution in [0.15, 0.2) is 45.8 Å². The Labute approximate surface area is 148 Å². The number of hydrogen-bond donors (Lipinski definition) is 1. The molecule has 0 bridgehead atoms. The van der Waals surface area contributed by atoms with E-state index in [2.05, 4.69) is 18.7 Å². The molecule has 134 valence electrons. The van der Waals surface area contributed by atoms with Crippen molar-refractivity contribution in [2.75, 3.05) is 26.2 Å². The molecule has 0 fully saturated rings. The first-order valence-corrected chi connectivity index (χ1v) is 8.57. The van der Waals surface area contributed by atoms with Crippen LogP contribution in [-0.2, 0) is 0 Å². The molecule has 1 heterocycles. The van der Waals surface area contributed by atoms with Gasteiger partial charge in [0.2, 0.25) is 5.43 Å². The second kappa shape index (κ2) is 9.69. The zero-order chi connectivity index (χ0) is 18.1. The highest BCUT2D eigenvalue weighted by atomic mass is 16.5. The minimum Gasteiger partial charge on any atom is -0.502 e. The molecule has 0 unspecified atom stereocenters. The lowest BCUT2D eigenvalue weighted by Crippen LogP contribution is -2.25. The van der Waals surface area contributed by atoms with E-state index in [9.17, 15) is 4.79 Å². The summed E-state index contributed by atoms with van der Waals surface area (Å²) in [5, 5.41) is 9.16. The fraction of sp³-hybridized carbons (Fsp3) is 0.350. The van der Waals surface area contributed by atoms with Gasteiger partial charge in [0.15, 0.2) is 5.75 Å². The van der Waals surface area contributed by atoms with Crippen LogP contribution in [0.1, 0.15) is 31.6 Å². The second-order valence-electron chi connectivity index (χ2n) is 5.66. The zero-order valence-electron chi connectivity index (χ0n) is 14.8. The molecule has 1 N–H and O–H groups in total. The van der Waals surface area contributed by atoms with E-state index in [-0.39, 0.29) is 5.75 Å². The number of aromatic hydroxyl groups is 1. The topological polar surface area (TPSA) is 62.9 Å². The Balaban J connectivity index is 1.84. The Morgan fingerprint density at radius 1 is 1.16 bits per heavy atom. The highest BCUT2D eigenvalue weighted by Crippen LogP contribution is 2.15. The van der Waals surface area contributed by atoms with Crippen LogP contribution in [0.2, 0.25) is 0 Å². The SMILES string of the molecule is CCN(CC)CCCOc1ccc(/C=C/c2cc(=O)c(O)co2)cc1. The third-order valence-corrected chi connectivity index (χ3v) is 3.93. The van der Waals surface area contributed by atoms with E-state index >= 15 is 0 Å². The molecule has 0 atom stereocenters. The summed E-state index contributed by atoms with van der Waals surface area (Å²) in [7, 11) is 0. The van der Waals surface area contributed by atoms with E-state index < -0.39 is 5.43 Å². The molecule has 0 aliphatic heterocycles. The summed E-state index contributed by atoms with van der Waals surface area (Å²) in [6.07, 6.45) is 5.56. The molecule has 0 amide bonds. The first kappa shape index (κ1) is 18.8. The molecule has 0 radical (unpaired) electrons. The summed E-state index contributed by atoms with van der Waals surface area (Å²) < 4.78 is 10.9. The van der Waals surface area contributed by atoms with E-state index in [1.54, 1.807) is 6.08 Å². The minimum absolute atomic E-state index is 0.388. The molecule has 25 heavy (non-hydrogen) atoms. The quantitative estimate of drug-likeness (QED) is 0.705. The van der Waals surface area contributed by atoms with Gasteiger partial charge in [-0.1, -0.05) is 32.1 Å². The van der Waals surface area contributed by atoms with Crippen molar-refractivity contribution in [1.29, 1.82) is 0 Å². The van der Waals surface area contributed by atoms with Gasteiger partial charge >= 0.3 is 0 Å². The van der Waals surface area contributed by atoms with E-state index in [1.807, 2.05) is 30.3 Å². The van der Waals surface area contributed by atoms with Crippen molar-refractivity contribution in [2.24, 2.45) is 0 Å². The van der Waals surface area contributed by atoms with Crippen molar-refractivity contribution in [2.45, 2.75) is 20.3 Å². The molecule has 0 aliphatic rings. The third kappa shape index (κ3) is 6.12. The lowest BCUT2D eigenvalue weighted by atomic mass is 10.2. The molecule has 0 aliphatic carbocycles. The van der Waals surface area contributed by atoms with Gasteiger partial charge in [-0.25, -0.2) is 0 Å². The summed E-state index contributed by atoms with van der Waals surface area (Å²) in [5.74, 6) is 0.840. The van der Waals surface area contributed by atoms with Crippen LogP contribution in [0.25, 0.3) is 12.2 Å². The maximum Gasteiger partial charge on any atom is 0.227 e. The van der Waals surface area contributed by atoms with E-state index in [0.29, 0.717) is 12.4 Å². The van der Waals surface area contributed by atoms with Gasteiger partial charge in [-0.15, -0.1) is 0 Å². The van der Waals surface area contributed by atoms with Crippen LogP contribution in [0, 0.1) is 0 Å². The first-order valence-electron chi connectivity index (χ1n) is 8.57. The molecule has 2 rings (SSSR count). The largest absolute Gasteiger partial charge is 0.502 e. The summed E-state index contributed by atoms with van der Waals surface area (Å²) in [6, 6.07) is 8.97. The number of benzene rings is 1. The fourth-order valence-corrected chi connectivity index (χ4v) is 2.38. The monoisotopic (exact) mass is 343 g/mol. The fourth-order valence-electron chi connectivity index (χ4n) is 2.38. The maximum atomic E-state index is 11.3. The van der Waals surface area contributed by atoms with Gasteiger partial charge in [-0.2, -0.15) is 0 Å². The lowest BCUT2D eigenvalue weighted by molar-refractivity contribution is 0.249. The Morgan fingerprint density at radius 3 is 2.52 bits per heavy atom. The standard InChI is InChI=1S/C20H25NO4/c1-3-21(4-2)12-5-13-24-17-9-6-16(7-10-17)8-11-18-14-19(22)20(23)15-25-18/h6-11,14-15,23H,3-5,12-13H2,1-2H3/b11-8+. The molecule has 2 aromatic rings. The highest BCUT2D eigenvalue weighted by Gasteiger charge is 2.00. The number of rotatable bonds is 9. The Kier molecular flexibility index (Phi) is 7.29. The Morgan fingerprint density at radius 2 is 1.88 bits per heavy atom. The molecule has 1 aromatic heterocycles. The molecule has 0 saturated carbocycles. The van der Waals surface area contributed by atoms with Gasteiger partial charge in [0.25, 0.3) is 0 Å². The van der Waals surface area contributed by atoms with Crippen LogP contribution in [0.3, 0.4) is 0 Å². The van der Waals surface area contributed by atoms with Crippen LogP contribution in [0.4, 0.5) is 0 Å². The van der Waals surface area contributed by atoms with Gasteiger partial charge in [-0.3, -0.25) is 4.79 Å². The third-order valence-electron chi connectivity index (χ3n) is 3.93. The van der Waals surface area contributed by atoms with Crippen molar-refractivity contribution < 1.29 is 14.3 Å². The minimum atomic E-state index is -0.459. The highest BCUT2D eigenvalue weighted by molar-refractivity contribution is 5.67. The van der Waals surface area contributed by atoms with Crippen LogP contribution >= 0.6 is 0 Å². The normalized spacial score (nSPS) is 11.3. The zero-order valence-corrected chi connectivity index (χ0v) is 14.8. The summed E-state index contributed by atoms with van der Waals surface area (Å²) in [6.45, 7) is 8.22. The summed E-state index contributed by atoms with van der Waals surface area (Å²) in [5.41, 5.74) is 0.505. The molecule has 1 aromatic carbocycles. The van der Waals surface area contributed by atoms with Gasteiger partial charge in [0.1, 0.15) is 17.8 Å². The molecular weight excluding hydrogens is 318 g/mol. The van der Waals surface area contributed by atoms with Crippen molar-refractivity contribution >= 4 is 12.2 Å². The average molecular weight is 343 g/mol. The number of hydrogen-bond acceptors (Lipinski definition) is 5. The Hall–Kier alpha value is -2.53. The molecule has 0 saturated heterocycles. The molecular formula is C20H25NO4. The van der Waals surface area contributed by atoms with E-state index in [0.717, 1.165) is 43.6 Å². The van der Waals surface area contributed by atoms with Crippen LogP contribution in [-0.4, -0.2) is 36.2 Å². The first-order chi connectivity index (χ1) is 12.1. The van der Waals surface area contributed by atoms with Crippen molar-refractivity contribution in [1.82, 2.24) is 4.90 Å². The van der Waals surface area contributed by atoms with Crippen LogP contribution in [0.5, 0.6) is 11.5 Å². The van der Waals surface area contributed by atoms with Gasteiger partial charge in [-0.05, 0) is 43.3 Å².